The topological polar surface area (TPSA) is 80.2 Å². The van der Waals surface area contributed by atoms with Crippen molar-refractivity contribution in [1.29, 1.82) is 0 Å². The van der Waals surface area contributed by atoms with Crippen molar-refractivity contribution in [1.82, 2.24) is 10.2 Å². The summed E-state index contributed by atoms with van der Waals surface area (Å²) in [6, 6.07) is 0. The predicted molar refractivity (Wildman–Crippen MR) is 113 cm³/mol. The third kappa shape index (κ3) is 9.59. The molecule has 1 atom stereocenters. The van der Waals surface area contributed by atoms with E-state index in [-0.39, 0.29) is 41.8 Å². The molecule has 0 aromatic heterocycles. The number of hydrogen-bond donors (Lipinski definition) is 1. The molecule has 0 aromatic carbocycles. The third-order valence-electron chi connectivity index (χ3n) is 4.37. The average Bonchev–Trinajstić information content (AvgIpc) is 2.64. The summed E-state index contributed by atoms with van der Waals surface area (Å²) in [5.74, 6) is 0.544. The largest absolute Gasteiger partial charge is 0.469 e. The normalized spacial score (nSPS) is 17.3. The van der Waals surface area contributed by atoms with Crippen molar-refractivity contribution in [2.24, 2.45) is 10.9 Å². The van der Waals surface area contributed by atoms with E-state index in [1.54, 1.807) is 7.05 Å². The molecule has 1 fully saturated rings. The van der Waals surface area contributed by atoms with Crippen molar-refractivity contribution in [3.05, 3.63) is 0 Å². The van der Waals surface area contributed by atoms with Gasteiger partial charge in [-0.15, -0.1) is 24.0 Å². The number of nitrogens with zero attached hydrogens (tertiary/aromatic N) is 2. The van der Waals surface area contributed by atoms with E-state index in [0.29, 0.717) is 19.6 Å². The molecular weight excluding hydrogens is 449 g/mol. The van der Waals surface area contributed by atoms with E-state index in [0.717, 1.165) is 57.6 Å². The number of halogens is 1. The quantitative estimate of drug-likeness (QED) is 0.179. The molecule has 1 aliphatic heterocycles. The molecule has 1 N–H and O–H groups in total. The van der Waals surface area contributed by atoms with Crippen molar-refractivity contribution in [2.45, 2.75) is 51.9 Å². The molecule has 1 unspecified atom stereocenters. The number of carbonyl (C=O) groups is 2. The molecule has 0 aliphatic carbocycles. The smallest absolute Gasteiger partial charge is 0.310 e. The summed E-state index contributed by atoms with van der Waals surface area (Å²) < 4.78 is 9.77. The lowest BCUT2D eigenvalue weighted by molar-refractivity contribution is -0.149. The van der Waals surface area contributed by atoms with Crippen molar-refractivity contribution in [2.75, 3.05) is 40.4 Å². The van der Waals surface area contributed by atoms with Crippen LogP contribution in [0.1, 0.15) is 51.9 Å². The standard InChI is InChI=1S/C18H33N3O4.HI/c1-4-25-17(23)15-10-9-13-21(14-15)18(19-2)20-12-8-6-5-7-11-16(22)24-3;/h15H,4-14H2,1-3H3,(H,19,20);1H. The van der Waals surface area contributed by atoms with E-state index in [4.69, 9.17) is 4.74 Å². The first-order chi connectivity index (χ1) is 12.1. The number of methoxy groups -OCH3 is 1. The van der Waals surface area contributed by atoms with Crippen LogP contribution in [0.15, 0.2) is 4.99 Å². The Hall–Kier alpha value is -1.06. The fourth-order valence-electron chi connectivity index (χ4n) is 3.00. The summed E-state index contributed by atoms with van der Waals surface area (Å²) >= 11 is 0. The summed E-state index contributed by atoms with van der Waals surface area (Å²) in [5, 5.41) is 3.37. The van der Waals surface area contributed by atoms with E-state index in [9.17, 15) is 9.59 Å². The fraction of sp³-hybridized carbons (Fsp3) is 0.833. The molecule has 1 heterocycles. The molecule has 1 rings (SSSR count). The Morgan fingerprint density at radius 2 is 1.96 bits per heavy atom. The van der Waals surface area contributed by atoms with Gasteiger partial charge in [0, 0.05) is 33.1 Å². The van der Waals surface area contributed by atoms with E-state index >= 15 is 0 Å². The molecule has 1 saturated heterocycles. The molecule has 0 bridgehead atoms. The van der Waals surface area contributed by atoms with Crippen LogP contribution in [0.25, 0.3) is 0 Å². The molecule has 7 nitrogen and oxygen atoms in total. The van der Waals surface area contributed by atoms with Crippen molar-refractivity contribution >= 4 is 41.9 Å². The minimum Gasteiger partial charge on any atom is -0.469 e. The number of nitrogens with one attached hydrogen (secondary N) is 1. The third-order valence-corrected chi connectivity index (χ3v) is 4.37. The molecule has 0 radical (unpaired) electrons. The number of unbranched alkanes of at least 4 members (excludes halogenated alkanes) is 3. The Morgan fingerprint density at radius 3 is 2.62 bits per heavy atom. The van der Waals surface area contributed by atoms with Gasteiger partial charge < -0.3 is 19.7 Å². The number of likely N-dealkylation sites (tertiary alicyclic amines) is 1. The number of carbonyl (C=O) groups excluding carboxylic acids is 2. The number of piperidine rings is 1. The van der Waals surface area contributed by atoms with Gasteiger partial charge in [-0.2, -0.15) is 0 Å². The van der Waals surface area contributed by atoms with Gasteiger partial charge in [0.2, 0.25) is 0 Å². The van der Waals surface area contributed by atoms with Crippen LogP contribution in [0.2, 0.25) is 0 Å². The Balaban J connectivity index is 0.00000625. The van der Waals surface area contributed by atoms with Crippen LogP contribution in [-0.2, 0) is 19.1 Å². The summed E-state index contributed by atoms with van der Waals surface area (Å²) in [4.78, 5) is 29.5. The molecule has 0 aromatic rings. The van der Waals surface area contributed by atoms with Gasteiger partial charge in [-0.1, -0.05) is 12.8 Å². The van der Waals surface area contributed by atoms with Gasteiger partial charge in [-0.25, -0.2) is 0 Å². The number of ether oxygens (including phenoxy) is 2. The lowest BCUT2D eigenvalue weighted by Crippen LogP contribution is -2.48. The first-order valence-electron chi connectivity index (χ1n) is 9.31. The minimum absolute atomic E-state index is 0. The lowest BCUT2D eigenvalue weighted by Gasteiger charge is -2.34. The zero-order chi connectivity index (χ0) is 18.5. The maximum atomic E-state index is 11.9. The highest BCUT2D eigenvalue weighted by atomic mass is 127. The monoisotopic (exact) mass is 483 g/mol. The molecule has 152 valence electrons. The zero-order valence-corrected chi connectivity index (χ0v) is 18.6. The summed E-state index contributed by atoms with van der Waals surface area (Å²) in [7, 11) is 3.19. The van der Waals surface area contributed by atoms with E-state index < -0.39 is 0 Å². The number of hydrogen-bond acceptors (Lipinski definition) is 5. The van der Waals surface area contributed by atoms with Crippen LogP contribution in [0, 0.1) is 5.92 Å². The molecule has 0 amide bonds. The number of guanidine groups is 1. The molecule has 0 spiro atoms. The first-order valence-corrected chi connectivity index (χ1v) is 9.31. The van der Waals surface area contributed by atoms with Gasteiger partial charge in [-0.05, 0) is 32.6 Å². The Bertz CT molecular complexity index is 446. The first kappa shape index (κ1) is 24.9. The van der Waals surface area contributed by atoms with Crippen LogP contribution >= 0.6 is 24.0 Å². The highest BCUT2D eigenvalue weighted by Crippen LogP contribution is 2.18. The van der Waals surface area contributed by atoms with Crippen molar-refractivity contribution in [3.63, 3.8) is 0 Å². The second kappa shape index (κ2) is 15.0. The summed E-state index contributed by atoms with van der Waals surface area (Å²) in [6.07, 6.45) is 6.32. The summed E-state index contributed by atoms with van der Waals surface area (Å²) in [6.45, 7) is 4.68. The predicted octanol–water partition coefficient (Wildman–Crippen LogP) is 2.58. The van der Waals surface area contributed by atoms with Crippen molar-refractivity contribution in [3.8, 4) is 0 Å². The fourth-order valence-corrected chi connectivity index (χ4v) is 3.00. The van der Waals surface area contributed by atoms with Crippen molar-refractivity contribution < 1.29 is 19.1 Å². The zero-order valence-electron chi connectivity index (χ0n) is 16.3. The van der Waals surface area contributed by atoms with Gasteiger partial charge in [0.25, 0.3) is 0 Å². The summed E-state index contributed by atoms with van der Waals surface area (Å²) in [5.41, 5.74) is 0. The highest BCUT2D eigenvalue weighted by molar-refractivity contribution is 14.0. The highest BCUT2D eigenvalue weighted by Gasteiger charge is 2.28. The van der Waals surface area contributed by atoms with Crippen LogP contribution in [-0.4, -0.2) is 63.2 Å². The number of aliphatic imine (C=N–C) groups is 1. The maximum Gasteiger partial charge on any atom is 0.310 e. The lowest BCUT2D eigenvalue weighted by atomic mass is 9.98. The van der Waals surface area contributed by atoms with Gasteiger partial charge in [0.1, 0.15) is 0 Å². The Morgan fingerprint density at radius 1 is 1.23 bits per heavy atom. The van der Waals surface area contributed by atoms with Crippen LogP contribution in [0.5, 0.6) is 0 Å². The molecule has 1 aliphatic rings. The van der Waals surface area contributed by atoms with Gasteiger partial charge in [0.15, 0.2) is 5.96 Å². The number of rotatable bonds is 9. The molecule has 26 heavy (non-hydrogen) atoms. The Kier molecular flexibility index (Phi) is 14.4. The van der Waals surface area contributed by atoms with Crippen LogP contribution in [0.3, 0.4) is 0 Å². The van der Waals surface area contributed by atoms with Gasteiger partial charge in [0.05, 0.1) is 19.6 Å². The maximum absolute atomic E-state index is 11.9. The minimum atomic E-state index is -0.139. The number of esters is 2. The average molecular weight is 483 g/mol. The van der Waals surface area contributed by atoms with E-state index in [1.165, 1.54) is 7.11 Å². The Labute approximate surface area is 174 Å². The van der Waals surface area contributed by atoms with E-state index in [2.05, 4.69) is 19.9 Å². The molecule has 0 saturated carbocycles. The van der Waals surface area contributed by atoms with Gasteiger partial charge >= 0.3 is 11.9 Å². The molecular formula is C18H34IN3O4. The second-order valence-electron chi connectivity index (χ2n) is 6.25. The van der Waals surface area contributed by atoms with E-state index in [1.807, 2.05) is 6.92 Å². The molecule has 8 heteroatoms. The van der Waals surface area contributed by atoms with Crippen LogP contribution < -0.4 is 5.32 Å². The van der Waals surface area contributed by atoms with Crippen LogP contribution in [0.4, 0.5) is 0 Å². The second-order valence-corrected chi connectivity index (χ2v) is 6.25. The SMILES string of the molecule is CCOC(=O)C1CCCN(C(=NC)NCCCCCCC(=O)OC)C1.I. The van der Waals surface area contributed by atoms with Gasteiger partial charge in [-0.3, -0.25) is 14.6 Å².